The Morgan fingerprint density at radius 1 is 0.786 bits per heavy atom. The number of nitrogens with zero attached hydrogens (tertiary/aromatic N) is 1. The molecule has 0 fully saturated rings. The lowest BCUT2D eigenvalue weighted by Crippen LogP contribution is -2.01. The van der Waals surface area contributed by atoms with Gasteiger partial charge in [0.1, 0.15) is 18.1 Å². The Hall–Kier alpha value is -2.85. The minimum Gasteiger partial charge on any atom is -0.494 e. The van der Waals surface area contributed by atoms with Gasteiger partial charge in [-0.15, -0.1) is 0 Å². The van der Waals surface area contributed by atoms with Crippen molar-refractivity contribution in [2.75, 3.05) is 6.61 Å². The minimum absolute atomic E-state index is 0.418. The summed E-state index contributed by atoms with van der Waals surface area (Å²) in [4.78, 5) is 4.25. The van der Waals surface area contributed by atoms with Gasteiger partial charge in [0.25, 0.3) is 0 Å². The van der Waals surface area contributed by atoms with Crippen LogP contribution in [0, 0.1) is 0 Å². The van der Waals surface area contributed by atoms with Crippen LogP contribution in [0.4, 0.5) is 0 Å². The van der Waals surface area contributed by atoms with E-state index in [1.165, 1.54) is 0 Å². The van der Waals surface area contributed by atoms with Crippen LogP contribution >= 0.6 is 0 Å². The average Bonchev–Trinajstić information content (AvgIpc) is 2.76. The van der Waals surface area contributed by atoms with Gasteiger partial charge in [-0.1, -0.05) is 42.8 Å². The van der Waals surface area contributed by atoms with Gasteiger partial charge in [0.05, 0.1) is 18.4 Å². The van der Waals surface area contributed by atoms with Crippen molar-refractivity contribution in [2.45, 2.75) is 38.4 Å². The van der Waals surface area contributed by atoms with Crippen LogP contribution in [0.15, 0.2) is 79.0 Å². The Morgan fingerprint density at radius 2 is 1.61 bits per heavy atom. The van der Waals surface area contributed by atoms with E-state index < -0.39 is 6.10 Å². The van der Waals surface area contributed by atoms with Crippen molar-refractivity contribution in [1.82, 2.24) is 4.98 Å². The molecule has 0 radical (unpaired) electrons. The molecule has 2 aromatic carbocycles. The molecule has 0 aliphatic carbocycles. The molecule has 1 N–H and O–H groups in total. The van der Waals surface area contributed by atoms with Crippen LogP contribution in [0.25, 0.3) is 0 Å². The summed E-state index contributed by atoms with van der Waals surface area (Å²) in [5, 5.41) is 10.5. The first-order valence-electron chi connectivity index (χ1n) is 9.80. The van der Waals surface area contributed by atoms with Crippen molar-refractivity contribution in [3.63, 3.8) is 0 Å². The van der Waals surface area contributed by atoms with Crippen LogP contribution in [-0.2, 0) is 6.61 Å². The molecule has 0 saturated carbocycles. The summed E-state index contributed by atoms with van der Waals surface area (Å²) in [6, 6.07) is 23.3. The van der Waals surface area contributed by atoms with Crippen molar-refractivity contribution < 1.29 is 14.6 Å². The molecule has 28 heavy (non-hydrogen) atoms. The maximum atomic E-state index is 10.5. The molecular formula is C24H27NO3. The number of ether oxygens (including phenoxy) is 2. The van der Waals surface area contributed by atoms with Crippen LogP contribution in [0.1, 0.15) is 43.0 Å². The number of aromatic nitrogens is 1. The maximum Gasteiger partial charge on any atom is 0.130 e. The number of aliphatic hydroxyl groups excluding tert-OH is 1. The fourth-order valence-electron chi connectivity index (χ4n) is 2.94. The highest BCUT2D eigenvalue weighted by atomic mass is 16.5. The summed E-state index contributed by atoms with van der Waals surface area (Å²) in [6.45, 7) is 1.12. The lowest BCUT2D eigenvalue weighted by molar-refractivity contribution is 0.161. The number of unbranched alkanes of at least 4 members (excludes halogenated alkanes) is 2. The zero-order valence-corrected chi connectivity index (χ0v) is 16.0. The molecule has 4 heteroatoms. The molecule has 0 aliphatic rings. The second-order valence-electron chi connectivity index (χ2n) is 6.71. The van der Waals surface area contributed by atoms with Crippen molar-refractivity contribution in [3.8, 4) is 11.5 Å². The summed E-state index contributed by atoms with van der Waals surface area (Å²) in [7, 11) is 0. The third kappa shape index (κ3) is 6.71. The molecule has 1 heterocycles. The van der Waals surface area contributed by atoms with Gasteiger partial charge in [0.15, 0.2) is 0 Å². The number of para-hydroxylation sites is 1. The Morgan fingerprint density at radius 3 is 2.43 bits per heavy atom. The van der Waals surface area contributed by atoms with E-state index in [0.29, 0.717) is 13.2 Å². The molecular weight excluding hydrogens is 350 g/mol. The second-order valence-corrected chi connectivity index (χ2v) is 6.71. The first-order valence-corrected chi connectivity index (χ1v) is 9.80. The third-order valence-electron chi connectivity index (χ3n) is 4.49. The summed E-state index contributed by atoms with van der Waals surface area (Å²) in [5.41, 5.74) is 1.77. The molecule has 1 aromatic heterocycles. The summed E-state index contributed by atoms with van der Waals surface area (Å²) in [5.74, 6) is 1.66. The molecule has 1 unspecified atom stereocenters. The van der Waals surface area contributed by atoms with Gasteiger partial charge in [-0.25, -0.2) is 0 Å². The highest BCUT2D eigenvalue weighted by molar-refractivity contribution is 5.30. The summed E-state index contributed by atoms with van der Waals surface area (Å²) < 4.78 is 11.5. The molecule has 0 amide bonds. The van der Waals surface area contributed by atoms with Gasteiger partial charge >= 0.3 is 0 Å². The predicted molar refractivity (Wildman–Crippen MR) is 110 cm³/mol. The van der Waals surface area contributed by atoms with Gasteiger partial charge in [-0.05, 0) is 61.2 Å². The minimum atomic E-state index is -0.478. The number of benzene rings is 2. The quantitative estimate of drug-likeness (QED) is 0.459. The van der Waals surface area contributed by atoms with E-state index in [2.05, 4.69) is 4.98 Å². The van der Waals surface area contributed by atoms with Gasteiger partial charge in [0, 0.05) is 6.20 Å². The monoisotopic (exact) mass is 377 g/mol. The zero-order valence-electron chi connectivity index (χ0n) is 16.0. The van der Waals surface area contributed by atoms with E-state index in [-0.39, 0.29) is 0 Å². The number of rotatable bonds is 11. The fourth-order valence-corrected chi connectivity index (χ4v) is 2.94. The predicted octanol–water partition coefficient (Wildman–Crippen LogP) is 5.33. The first-order chi connectivity index (χ1) is 13.8. The lowest BCUT2D eigenvalue weighted by atomic mass is 10.0. The smallest absolute Gasteiger partial charge is 0.130 e. The van der Waals surface area contributed by atoms with Gasteiger partial charge in [-0.2, -0.15) is 0 Å². The third-order valence-corrected chi connectivity index (χ3v) is 4.49. The molecule has 0 bridgehead atoms. The molecule has 3 aromatic rings. The van der Waals surface area contributed by atoms with Gasteiger partial charge in [0.2, 0.25) is 0 Å². The lowest BCUT2D eigenvalue weighted by Gasteiger charge is -2.13. The second kappa shape index (κ2) is 11.1. The first kappa shape index (κ1) is 19.9. The highest BCUT2D eigenvalue weighted by Gasteiger charge is 2.08. The van der Waals surface area contributed by atoms with E-state index in [4.69, 9.17) is 9.47 Å². The largest absolute Gasteiger partial charge is 0.494 e. The highest BCUT2D eigenvalue weighted by Crippen LogP contribution is 2.24. The van der Waals surface area contributed by atoms with E-state index in [1.807, 2.05) is 72.8 Å². The van der Waals surface area contributed by atoms with Crippen LogP contribution < -0.4 is 9.47 Å². The maximum absolute atomic E-state index is 10.5. The Labute approximate surface area is 166 Å². The topological polar surface area (TPSA) is 51.6 Å². The number of hydrogen-bond donors (Lipinski definition) is 1. The molecule has 1 atom stereocenters. The van der Waals surface area contributed by atoms with Crippen LogP contribution in [0.5, 0.6) is 11.5 Å². The Balaban J connectivity index is 1.36. The number of hydrogen-bond acceptors (Lipinski definition) is 4. The summed E-state index contributed by atoms with van der Waals surface area (Å²) >= 11 is 0. The number of aliphatic hydroxyl groups is 1. The molecule has 0 saturated heterocycles. The molecule has 4 nitrogen and oxygen atoms in total. The van der Waals surface area contributed by atoms with E-state index in [1.54, 1.807) is 6.20 Å². The Kier molecular flexibility index (Phi) is 7.89. The van der Waals surface area contributed by atoms with Crippen LogP contribution in [-0.4, -0.2) is 16.7 Å². The number of pyridine rings is 1. The molecule has 146 valence electrons. The standard InChI is InChI=1S/C24H27NO3/c26-24(15-5-2-8-17-27-22-12-3-1-4-13-22)20-10-9-14-23(18-20)28-19-21-11-6-7-16-25-21/h1,3-4,6-7,9-14,16,18,24,26H,2,5,8,15,17,19H2. The van der Waals surface area contributed by atoms with E-state index in [9.17, 15) is 5.11 Å². The van der Waals surface area contributed by atoms with Gasteiger partial charge in [-0.3, -0.25) is 4.98 Å². The van der Waals surface area contributed by atoms with Gasteiger partial charge < -0.3 is 14.6 Å². The molecule has 0 aliphatic heterocycles. The molecule has 3 rings (SSSR count). The summed E-state index contributed by atoms with van der Waals surface area (Å²) in [6.07, 6.45) is 4.97. The average molecular weight is 377 g/mol. The van der Waals surface area contributed by atoms with Crippen molar-refractivity contribution in [2.24, 2.45) is 0 Å². The van der Waals surface area contributed by atoms with E-state index in [0.717, 1.165) is 48.4 Å². The Bertz CT molecular complexity index is 808. The van der Waals surface area contributed by atoms with Crippen molar-refractivity contribution in [1.29, 1.82) is 0 Å². The van der Waals surface area contributed by atoms with Crippen LogP contribution in [0.3, 0.4) is 0 Å². The van der Waals surface area contributed by atoms with Crippen molar-refractivity contribution in [3.05, 3.63) is 90.3 Å². The normalized spacial score (nSPS) is 11.8. The zero-order chi connectivity index (χ0) is 19.4. The fraction of sp³-hybridized carbons (Fsp3) is 0.292. The SMILES string of the molecule is OC(CCCCCOc1ccccc1)c1cccc(OCc2ccccn2)c1. The van der Waals surface area contributed by atoms with Crippen LogP contribution in [0.2, 0.25) is 0 Å². The molecule has 0 spiro atoms. The van der Waals surface area contributed by atoms with Crippen molar-refractivity contribution >= 4 is 0 Å². The van der Waals surface area contributed by atoms with E-state index >= 15 is 0 Å².